The van der Waals surface area contributed by atoms with Crippen LogP contribution in [0, 0.1) is 6.92 Å². The van der Waals surface area contributed by atoms with Gasteiger partial charge in [0.05, 0.1) is 5.56 Å². The number of aromatic carboxylic acids is 1. The molecule has 3 heteroatoms. The first kappa shape index (κ1) is 13.6. The van der Waals surface area contributed by atoms with Gasteiger partial charge in [-0.3, -0.25) is 0 Å². The summed E-state index contributed by atoms with van der Waals surface area (Å²) < 4.78 is 0. The van der Waals surface area contributed by atoms with Crippen LogP contribution >= 0.6 is 11.6 Å². The third-order valence-corrected chi connectivity index (χ3v) is 3.61. The molecule has 2 nitrogen and oxygen atoms in total. The van der Waals surface area contributed by atoms with E-state index in [1.165, 1.54) is 0 Å². The van der Waals surface area contributed by atoms with Gasteiger partial charge in [-0.15, -0.1) is 0 Å². The molecular formula is C16H15ClO2. The van der Waals surface area contributed by atoms with Crippen molar-refractivity contribution < 1.29 is 9.90 Å². The molecule has 1 atom stereocenters. The first-order chi connectivity index (χ1) is 9.00. The van der Waals surface area contributed by atoms with E-state index in [1.54, 1.807) is 12.1 Å². The molecule has 0 aromatic heterocycles. The predicted molar refractivity (Wildman–Crippen MR) is 77.1 cm³/mol. The van der Waals surface area contributed by atoms with Gasteiger partial charge in [0.2, 0.25) is 0 Å². The smallest absolute Gasteiger partial charge is 0.335 e. The number of hydrogen-bond donors (Lipinski definition) is 1. The molecule has 1 unspecified atom stereocenters. The van der Waals surface area contributed by atoms with Gasteiger partial charge in [-0.25, -0.2) is 4.79 Å². The molecule has 0 amide bonds. The zero-order valence-corrected chi connectivity index (χ0v) is 11.6. The van der Waals surface area contributed by atoms with Crippen LogP contribution in [0.5, 0.6) is 0 Å². The summed E-state index contributed by atoms with van der Waals surface area (Å²) in [5.74, 6) is -0.967. The molecule has 0 bridgehead atoms. The largest absolute Gasteiger partial charge is 0.478 e. The molecule has 0 spiro atoms. The maximum absolute atomic E-state index is 11.3. The van der Waals surface area contributed by atoms with Crippen LogP contribution in [0.4, 0.5) is 0 Å². The summed E-state index contributed by atoms with van der Waals surface area (Å²) in [7, 11) is 0. The van der Waals surface area contributed by atoms with Gasteiger partial charge in [-0.1, -0.05) is 48.9 Å². The van der Waals surface area contributed by atoms with Crippen molar-refractivity contribution in [3.8, 4) is 0 Å². The Morgan fingerprint density at radius 2 is 1.84 bits per heavy atom. The van der Waals surface area contributed by atoms with Crippen LogP contribution in [0.3, 0.4) is 0 Å². The molecule has 0 aliphatic rings. The van der Waals surface area contributed by atoms with E-state index in [0.29, 0.717) is 10.6 Å². The first-order valence-electron chi connectivity index (χ1n) is 6.09. The van der Waals surface area contributed by atoms with Crippen LogP contribution in [0.2, 0.25) is 5.02 Å². The maximum Gasteiger partial charge on any atom is 0.335 e. The standard InChI is InChI=1S/C16H15ClO2/c1-10-7-8-13(15(17)9-10)11(2)12-5-3-4-6-14(12)16(18)19/h3-9,11H,1-2H3,(H,18,19). The van der Waals surface area contributed by atoms with E-state index >= 15 is 0 Å². The Kier molecular flexibility index (Phi) is 3.91. The molecule has 2 rings (SSSR count). The molecule has 0 heterocycles. The number of carboxylic acid groups (broad SMARTS) is 1. The van der Waals surface area contributed by atoms with Crippen molar-refractivity contribution in [1.29, 1.82) is 0 Å². The first-order valence-corrected chi connectivity index (χ1v) is 6.46. The Balaban J connectivity index is 2.50. The highest BCUT2D eigenvalue weighted by Crippen LogP contribution is 2.32. The maximum atomic E-state index is 11.3. The van der Waals surface area contributed by atoms with Crippen LogP contribution in [-0.2, 0) is 0 Å². The summed E-state index contributed by atoms with van der Waals surface area (Å²) in [6, 6.07) is 12.9. The van der Waals surface area contributed by atoms with Gasteiger partial charge in [0.25, 0.3) is 0 Å². The molecule has 98 valence electrons. The predicted octanol–water partition coefficient (Wildman–Crippen LogP) is 4.50. The molecule has 2 aromatic carbocycles. The van der Waals surface area contributed by atoms with Crippen molar-refractivity contribution in [2.45, 2.75) is 19.8 Å². The molecule has 0 saturated heterocycles. The van der Waals surface area contributed by atoms with Crippen LogP contribution in [-0.4, -0.2) is 11.1 Å². The number of hydrogen-bond acceptors (Lipinski definition) is 1. The van der Waals surface area contributed by atoms with E-state index in [1.807, 2.05) is 44.2 Å². The van der Waals surface area contributed by atoms with Gasteiger partial charge in [0.1, 0.15) is 0 Å². The van der Waals surface area contributed by atoms with E-state index in [2.05, 4.69) is 0 Å². The number of aryl methyl sites for hydroxylation is 1. The summed E-state index contributed by atoms with van der Waals surface area (Å²) in [4.78, 5) is 11.3. The highest BCUT2D eigenvalue weighted by atomic mass is 35.5. The molecule has 19 heavy (non-hydrogen) atoms. The second-order valence-electron chi connectivity index (χ2n) is 4.64. The average Bonchev–Trinajstić information content (AvgIpc) is 2.38. The molecule has 0 fully saturated rings. The van der Waals surface area contributed by atoms with Crippen LogP contribution in [0.25, 0.3) is 0 Å². The van der Waals surface area contributed by atoms with E-state index in [9.17, 15) is 9.90 Å². The summed E-state index contributed by atoms with van der Waals surface area (Å²) in [5.41, 5.74) is 3.14. The molecule has 0 aliphatic heterocycles. The third kappa shape index (κ3) is 2.79. The van der Waals surface area contributed by atoms with Crippen molar-refractivity contribution >= 4 is 17.6 Å². The quantitative estimate of drug-likeness (QED) is 0.895. The number of carbonyl (C=O) groups is 1. The molecule has 0 aliphatic carbocycles. The second-order valence-corrected chi connectivity index (χ2v) is 5.05. The minimum Gasteiger partial charge on any atom is -0.478 e. The second kappa shape index (κ2) is 5.45. The van der Waals surface area contributed by atoms with E-state index in [4.69, 9.17) is 11.6 Å². The van der Waals surface area contributed by atoms with Crippen molar-refractivity contribution in [3.63, 3.8) is 0 Å². The molecule has 0 radical (unpaired) electrons. The number of carboxylic acids is 1. The van der Waals surface area contributed by atoms with Gasteiger partial charge in [-0.05, 0) is 35.7 Å². The molecule has 1 N–H and O–H groups in total. The highest BCUT2D eigenvalue weighted by Gasteiger charge is 2.18. The van der Waals surface area contributed by atoms with E-state index < -0.39 is 5.97 Å². The average molecular weight is 275 g/mol. The van der Waals surface area contributed by atoms with Crippen molar-refractivity contribution in [2.75, 3.05) is 0 Å². The van der Waals surface area contributed by atoms with Gasteiger partial charge >= 0.3 is 5.97 Å². The van der Waals surface area contributed by atoms with Crippen molar-refractivity contribution in [2.24, 2.45) is 0 Å². The lowest BCUT2D eigenvalue weighted by Gasteiger charge is -2.16. The Morgan fingerprint density at radius 3 is 2.47 bits per heavy atom. The summed E-state index contributed by atoms with van der Waals surface area (Å²) in [5, 5.41) is 9.92. The normalized spacial score (nSPS) is 12.2. The topological polar surface area (TPSA) is 37.3 Å². The van der Waals surface area contributed by atoms with Gasteiger partial charge < -0.3 is 5.11 Å². The van der Waals surface area contributed by atoms with Crippen molar-refractivity contribution in [3.05, 3.63) is 69.7 Å². The molecule has 2 aromatic rings. The monoisotopic (exact) mass is 274 g/mol. The lowest BCUT2D eigenvalue weighted by Crippen LogP contribution is -2.06. The Morgan fingerprint density at radius 1 is 1.16 bits per heavy atom. The summed E-state index contributed by atoms with van der Waals surface area (Å²) in [6.07, 6.45) is 0. The highest BCUT2D eigenvalue weighted by molar-refractivity contribution is 6.31. The minimum absolute atomic E-state index is 0.0552. The van der Waals surface area contributed by atoms with Crippen LogP contribution in [0.1, 0.15) is 39.9 Å². The molecular weight excluding hydrogens is 260 g/mol. The number of rotatable bonds is 3. The van der Waals surface area contributed by atoms with Gasteiger partial charge in [0, 0.05) is 10.9 Å². The number of benzene rings is 2. The SMILES string of the molecule is Cc1ccc(C(C)c2ccccc2C(=O)O)c(Cl)c1. The lowest BCUT2D eigenvalue weighted by molar-refractivity contribution is 0.0695. The van der Waals surface area contributed by atoms with Crippen LogP contribution in [0.15, 0.2) is 42.5 Å². The zero-order chi connectivity index (χ0) is 14.0. The number of halogens is 1. The van der Waals surface area contributed by atoms with E-state index in [-0.39, 0.29) is 5.92 Å². The van der Waals surface area contributed by atoms with Gasteiger partial charge in [-0.2, -0.15) is 0 Å². The fourth-order valence-corrected chi connectivity index (χ4v) is 2.62. The summed E-state index contributed by atoms with van der Waals surface area (Å²) >= 11 is 6.26. The fraction of sp³-hybridized carbons (Fsp3) is 0.188. The molecule has 0 saturated carbocycles. The lowest BCUT2D eigenvalue weighted by atomic mass is 9.89. The van der Waals surface area contributed by atoms with Crippen molar-refractivity contribution in [1.82, 2.24) is 0 Å². The fourth-order valence-electron chi connectivity index (χ4n) is 2.22. The van der Waals surface area contributed by atoms with Gasteiger partial charge in [0.15, 0.2) is 0 Å². The Hall–Kier alpha value is -1.80. The minimum atomic E-state index is -0.911. The van der Waals surface area contributed by atoms with Crippen LogP contribution < -0.4 is 0 Å². The summed E-state index contributed by atoms with van der Waals surface area (Å²) in [6.45, 7) is 3.95. The van der Waals surface area contributed by atoms with E-state index in [0.717, 1.165) is 16.7 Å². The Labute approximate surface area is 117 Å². The zero-order valence-electron chi connectivity index (χ0n) is 10.9. The Bertz CT molecular complexity index is 620. The third-order valence-electron chi connectivity index (χ3n) is 3.28.